The maximum atomic E-state index is 12.6. The van der Waals surface area contributed by atoms with Crippen molar-refractivity contribution in [3.8, 4) is 39.7 Å². The van der Waals surface area contributed by atoms with Gasteiger partial charge >= 0.3 is 0 Å². The van der Waals surface area contributed by atoms with Crippen molar-refractivity contribution < 1.29 is 4.79 Å². The summed E-state index contributed by atoms with van der Waals surface area (Å²) in [7, 11) is 0. The highest BCUT2D eigenvalue weighted by Crippen LogP contribution is 2.34. The second kappa shape index (κ2) is 8.64. The van der Waals surface area contributed by atoms with Gasteiger partial charge in [0.2, 0.25) is 0 Å². The third-order valence-electron chi connectivity index (χ3n) is 6.49. The lowest BCUT2D eigenvalue weighted by Gasteiger charge is -2.29. The van der Waals surface area contributed by atoms with Crippen LogP contribution in [0.25, 0.3) is 39.7 Å². The van der Waals surface area contributed by atoms with Crippen molar-refractivity contribution in [1.29, 1.82) is 0 Å². The van der Waals surface area contributed by atoms with Crippen molar-refractivity contribution in [2.75, 3.05) is 0 Å². The molecule has 0 unspecified atom stereocenters. The van der Waals surface area contributed by atoms with Gasteiger partial charge in [0.15, 0.2) is 11.6 Å². The number of hydrogen-bond acceptors (Lipinski definition) is 5. The average molecular weight is 472 g/mol. The molecular formula is C30H25N5O. The van der Waals surface area contributed by atoms with Crippen LogP contribution >= 0.6 is 0 Å². The molecule has 0 fully saturated rings. The summed E-state index contributed by atoms with van der Waals surface area (Å²) >= 11 is 0. The number of benzene rings is 2. The van der Waals surface area contributed by atoms with Crippen LogP contribution in [-0.2, 0) is 6.42 Å². The molecule has 1 aliphatic rings. The van der Waals surface area contributed by atoms with Gasteiger partial charge in [0, 0.05) is 23.1 Å². The molecule has 3 heterocycles. The van der Waals surface area contributed by atoms with Crippen LogP contribution in [0.1, 0.15) is 36.3 Å². The Labute approximate surface area is 209 Å². The van der Waals surface area contributed by atoms with Crippen molar-refractivity contribution in [2.24, 2.45) is 5.41 Å². The highest BCUT2D eigenvalue weighted by atomic mass is 16.1. The minimum atomic E-state index is -0.0960. The van der Waals surface area contributed by atoms with Gasteiger partial charge in [-0.05, 0) is 36.1 Å². The second-order valence-corrected chi connectivity index (χ2v) is 9.97. The molecule has 0 aliphatic heterocycles. The number of nitrogens with zero attached hydrogens (tertiary/aromatic N) is 5. The molecule has 0 bridgehead atoms. The lowest BCUT2D eigenvalue weighted by atomic mass is 9.75. The number of pyridine rings is 2. The molecule has 0 N–H and O–H groups in total. The smallest absolute Gasteiger partial charge is 0.200 e. The molecule has 0 saturated heterocycles. The second-order valence-electron chi connectivity index (χ2n) is 9.97. The van der Waals surface area contributed by atoms with Gasteiger partial charge in [-0.1, -0.05) is 74.5 Å². The topological polar surface area (TPSA) is 73.6 Å². The summed E-state index contributed by atoms with van der Waals surface area (Å²) in [6.07, 6.45) is 3.00. The molecule has 36 heavy (non-hydrogen) atoms. The minimum absolute atomic E-state index is 0.0960. The zero-order chi connectivity index (χ0) is 24.7. The molecule has 176 valence electrons. The molecule has 1 aliphatic carbocycles. The van der Waals surface area contributed by atoms with Gasteiger partial charge in [0.25, 0.3) is 0 Å². The van der Waals surface area contributed by atoms with Gasteiger partial charge in [-0.15, -0.1) is 5.10 Å². The van der Waals surface area contributed by atoms with E-state index in [-0.39, 0.29) is 11.2 Å². The van der Waals surface area contributed by atoms with Crippen LogP contribution in [0, 0.1) is 5.41 Å². The number of hydrogen-bond donors (Lipinski definition) is 0. The van der Waals surface area contributed by atoms with E-state index < -0.39 is 0 Å². The Hall–Kier alpha value is -4.45. The Morgan fingerprint density at radius 2 is 1.39 bits per heavy atom. The van der Waals surface area contributed by atoms with Crippen LogP contribution in [0.3, 0.4) is 0 Å². The molecule has 5 aromatic rings. The first kappa shape index (κ1) is 22.0. The lowest BCUT2D eigenvalue weighted by molar-refractivity contribution is 0.0910. The summed E-state index contributed by atoms with van der Waals surface area (Å²) in [5, 5.41) is 4.75. The fourth-order valence-corrected chi connectivity index (χ4v) is 4.73. The van der Waals surface area contributed by atoms with Crippen LogP contribution in [0.2, 0.25) is 0 Å². The van der Waals surface area contributed by atoms with Crippen LogP contribution in [-0.4, -0.2) is 30.5 Å². The van der Waals surface area contributed by atoms with E-state index in [4.69, 9.17) is 15.1 Å². The fraction of sp³-hybridized carbons (Fsp3) is 0.167. The largest absolute Gasteiger partial charge is 0.294 e. The van der Waals surface area contributed by atoms with Crippen LogP contribution < -0.4 is 0 Å². The molecule has 0 spiro atoms. The van der Waals surface area contributed by atoms with Crippen molar-refractivity contribution in [1.82, 2.24) is 24.7 Å². The van der Waals surface area contributed by atoms with Crippen molar-refractivity contribution >= 4 is 5.78 Å². The third-order valence-corrected chi connectivity index (χ3v) is 6.49. The quantitative estimate of drug-likeness (QED) is 0.311. The Morgan fingerprint density at radius 3 is 2.03 bits per heavy atom. The molecule has 0 atom stereocenters. The molecule has 0 amide bonds. The summed E-state index contributed by atoms with van der Waals surface area (Å²) in [4.78, 5) is 26.8. The van der Waals surface area contributed by atoms with Gasteiger partial charge in [0.1, 0.15) is 12.0 Å². The first-order chi connectivity index (χ1) is 17.4. The number of Topliss-reactive ketones (excluding diaryl/α,β-unsaturated/α-hetero) is 1. The summed E-state index contributed by atoms with van der Waals surface area (Å²) in [5.41, 5.74) is 6.74. The molecular weight excluding hydrogens is 446 g/mol. The van der Waals surface area contributed by atoms with Crippen molar-refractivity contribution in [3.05, 3.63) is 103 Å². The molecule has 0 radical (unpaired) electrons. The highest BCUT2D eigenvalue weighted by Gasteiger charge is 2.32. The summed E-state index contributed by atoms with van der Waals surface area (Å²) in [6.45, 7) is 4.21. The number of ketones is 1. The predicted molar refractivity (Wildman–Crippen MR) is 140 cm³/mol. The van der Waals surface area contributed by atoms with Crippen LogP contribution in [0.5, 0.6) is 0 Å². The van der Waals surface area contributed by atoms with Crippen molar-refractivity contribution in [2.45, 2.75) is 26.7 Å². The Balaban J connectivity index is 1.41. The van der Waals surface area contributed by atoms with Gasteiger partial charge in [-0.25, -0.2) is 19.6 Å². The lowest BCUT2D eigenvalue weighted by Crippen LogP contribution is -2.27. The Morgan fingerprint density at radius 1 is 0.750 bits per heavy atom. The van der Waals surface area contributed by atoms with Gasteiger partial charge in [-0.3, -0.25) is 4.79 Å². The Kier molecular flexibility index (Phi) is 5.29. The standard InChI is InChI=1S/C30H25N5O/c1-30(2)17-27-23(28(36)18-30)13-14-24(32-27)29-31-19-35(34-29)22-15-25(20-9-5-3-6-10-20)33-26(16-22)21-11-7-4-8-12-21/h3-16,19H,17-18H2,1-2H3. The number of rotatable bonds is 4. The maximum Gasteiger partial charge on any atom is 0.200 e. The summed E-state index contributed by atoms with van der Waals surface area (Å²) in [6, 6.07) is 28.0. The van der Waals surface area contributed by atoms with Crippen LogP contribution in [0.15, 0.2) is 91.3 Å². The summed E-state index contributed by atoms with van der Waals surface area (Å²) < 4.78 is 1.76. The number of fused-ring (bicyclic) bond motifs is 1. The summed E-state index contributed by atoms with van der Waals surface area (Å²) in [5.74, 6) is 0.672. The molecule has 0 saturated carbocycles. The first-order valence-electron chi connectivity index (χ1n) is 12.0. The maximum absolute atomic E-state index is 12.6. The van der Waals surface area contributed by atoms with Crippen LogP contribution in [0.4, 0.5) is 0 Å². The zero-order valence-corrected chi connectivity index (χ0v) is 20.2. The van der Waals surface area contributed by atoms with E-state index >= 15 is 0 Å². The minimum Gasteiger partial charge on any atom is -0.294 e. The number of aromatic nitrogens is 5. The molecule has 3 aromatic heterocycles. The highest BCUT2D eigenvalue weighted by molar-refractivity contribution is 5.98. The molecule has 2 aromatic carbocycles. The van der Waals surface area contributed by atoms with E-state index in [1.807, 2.05) is 84.9 Å². The van der Waals surface area contributed by atoms with E-state index in [0.717, 1.165) is 40.3 Å². The normalized spacial score (nSPS) is 14.4. The first-order valence-corrected chi connectivity index (χ1v) is 12.0. The number of carbonyl (C=O) groups excluding carboxylic acids is 1. The van der Waals surface area contributed by atoms with Gasteiger partial charge in [-0.2, -0.15) is 0 Å². The molecule has 6 nitrogen and oxygen atoms in total. The molecule has 6 rings (SSSR count). The van der Waals surface area contributed by atoms with E-state index in [1.165, 1.54) is 0 Å². The van der Waals surface area contributed by atoms with E-state index in [9.17, 15) is 4.79 Å². The van der Waals surface area contributed by atoms with E-state index in [0.29, 0.717) is 23.5 Å². The van der Waals surface area contributed by atoms with E-state index in [1.54, 1.807) is 11.0 Å². The van der Waals surface area contributed by atoms with Crippen molar-refractivity contribution in [3.63, 3.8) is 0 Å². The third kappa shape index (κ3) is 4.22. The fourth-order valence-electron chi connectivity index (χ4n) is 4.73. The predicted octanol–water partition coefficient (Wildman–Crippen LogP) is 6.21. The van der Waals surface area contributed by atoms with Gasteiger partial charge in [0.05, 0.1) is 22.8 Å². The Bertz CT molecular complexity index is 1510. The number of carbonyl (C=O) groups is 1. The van der Waals surface area contributed by atoms with Gasteiger partial charge < -0.3 is 0 Å². The monoisotopic (exact) mass is 471 g/mol. The van der Waals surface area contributed by atoms with E-state index in [2.05, 4.69) is 18.8 Å². The SMILES string of the molecule is CC1(C)CC(=O)c2ccc(-c3ncn(-c4cc(-c5ccccc5)nc(-c5ccccc5)c4)n3)nc2C1. The average Bonchev–Trinajstić information content (AvgIpc) is 3.39. The molecule has 6 heteroatoms. The zero-order valence-electron chi connectivity index (χ0n) is 20.2.